The minimum atomic E-state index is -4.74. The van der Waals surface area contributed by atoms with Gasteiger partial charge >= 0.3 is 18.7 Å². The number of ether oxygens (including phenoxy) is 4. The number of alkyl halides is 9. The van der Waals surface area contributed by atoms with Crippen molar-refractivity contribution in [3.05, 3.63) is 196 Å². The number of hydrogen-bond acceptors (Lipinski definition) is 18. The molecule has 6 aromatic rings. The molecule has 6 aromatic carbocycles. The summed E-state index contributed by atoms with van der Waals surface area (Å²) in [5.41, 5.74) is 4.11. The zero-order valence-corrected chi connectivity index (χ0v) is 55.0. The van der Waals surface area contributed by atoms with Crippen molar-refractivity contribution in [3.63, 3.8) is 0 Å². The molecular formula is C64H85B3F9N5O11S5. The van der Waals surface area contributed by atoms with Crippen LogP contribution in [0.1, 0.15) is 109 Å². The Hall–Kier alpha value is -4.17. The zero-order valence-electron chi connectivity index (χ0n) is 50.4. The molecule has 0 spiro atoms. The molecule has 0 bridgehead atoms. The molecule has 0 saturated carbocycles. The Bertz CT molecular complexity index is 3000. The fraction of sp³-hybridized carbons (Fsp3) is 0.438. The van der Waals surface area contributed by atoms with Crippen LogP contribution in [0, 0.1) is 6.92 Å². The minimum Gasteiger partial charge on any atom is -0.406 e. The van der Waals surface area contributed by atoms with Gasteiger partial charge < -0.3 is 50.2 Å². The Balaban J connectivity index is 0.000000706. The van der Waals surface area contributed by atoms with Crippen molar-refractivity contribution >= 4 is 88.1 Å². The monoisotopic (exact) mass is 1460 g/mol. The van der Waals surface area contributed by atoms with E-state index in [0.717, 1.165) is 86.0 Å². The number of nitrogens with two attached hydrogens (primary N) is 2. The van der Waals surface area contributed by atoms with Gasteiger partial charge in [0.1, 0.15) is 5.75 Å². The first-order chi connectivity index (χ1) is 43.4. The number of benzene rings is 6. The molecule has 0 amide bonds. The highest BCUT2D eigenvalue weighted by molar-refractivity contribution is 7.94. The number of nitrogens with one attached hydrogen (secondary N) is 3. The Morgan fingerprint density at radius 2 is 0.711 bits per heavy atom. The highest BCUT2D eigenvalue weighted by Gasteiger charge is 2.40. The molecule has 3 fully saturated rings. The first-order valence-corrected chi connectivity index (χ1v) is 30.0. The van der Waals surface area contributed by atoms with E-state index < -0.39 is 66.2 Å². The molecular weight excluding hydrogens is 1380 g/mol. The normalized spacial score (nSPS) is 21.1. The molecule has 9 rings (SSSR count). The van der Waals surface area contributed by atoms with E-state index in [1.165, 1.54) is 36.4 Å². The Labute approximate surface area is 595 Å². The average Bonchev–Trinajstić information content (AvgIpc) is 0.809. The van der Waals surface area contributed by atoms with Crippen molar-refractivity contribution in [2.75, 3.05) is 39.2 Å². The van der Waals surface area contributed by atoms with E-state index in [9.17, 15) is 54.8 Å². The van der Waals surface area contributed by atoms with Gasteiger partial charge in [-0.05, 0) is 120 Å². The Morgan fingerprint density at radius 3 is 0.948 bits per heavy atom. The summed E-state index contributed by atoms with van der Waals surface area (Å²) in [7, 11) is 16.5. The third-order valence-corrected chi connectivity index (χ3v) is 16.7. The molecule has 534 valence electrons. The van der Waals surface area contributed by atoms with Crippen LogP contribution in [0.3, 0.4) is 0 Å². The lowest BCUT2D eigenvalue weighted by molar-refractivity contribution is -0.274. The molecule has 6 radical (unpaired) electrons. The van der Waals surface area contributed by atoms with Gasteiger partial charge in [0.2, 0.25) is 0 Å². The fourth-order valence-electron chi connectivity index (χ4n) is 11.0. The van der Waals surface area contributed by atoms with Crippen LogP contribution in [0.15, 0.2) is 155 Å². The summed E-state index contributed by atoms with van der Waals surface area (Å²) in [5, 5.41) is 40.4. The van der Waals surface area contributed by atoms with Crippen LogP contribution < -0.4 is 32.5 Å². The van der Waals surface area contributed by atoms with Gasteiger partial charge in [0.15, 0.2) is 0 Å². The second-order valence-electron chi connectivity index (χ2n) is 21.4. The van der Waals surface area contributed by atoms with Gasteiger partial charge in [-0.25, -0.2) is 0 Å². The highest BCUT2D eigenvalue weighted by atomic mass is 32.2. The average molecular weight is 1460 g/mol. The Kier molecular flexibility index (Phi) is 40.8. The predicted molar refractivity (Wildman–Crippen MR) is 375 cm³/mol. The van der Waals surface area contributed by atoms with Crippen molar-refractivity contribution in [2.45, 2.75) is 149 Å². The molecule has 3 aliphatic heterocycles. The molecule has 3 heterocycles. The molecule has 16 nitrogen and oxygen atoms in total. The van der Waals surface area contributed by atoms with Crippen LogP contribution in [0.4, 0.5) is 39.5 Å². The lowest BCUT2D eigenvalue weighted by Gasteiger charge is -2.38. The Morgan fingerprint density at radius 1 is 0.454 bits per heavy atom. The summed E-state index contributed by atoms with van der Waals surface area (Å²) in [4.78, 5) is 9.94. The predicted octanol–water partition coefficient (Wildman–Crippen LogP) is 11.3. The van der Waals surface area contributed by atoms with Crippen molar-refractivity contribution in [2.24, 2.45) is 11.8 Å². The standard InChI is InChI=1S/C21H20BF6NO2.C21H23BF3NO3.C19H24BN3O6S2.3CH4.3H2S/c22-11-29-16-10-31-18(9-17(16)30)19(12-1-5-14(6-2-12)20(23,24)25)13-3-7-15(8-4-13)21(26,27)28;1-13-2-4-14(5-3-13)20(19-10-18(27)17(11-28-19)26-12-22)15-6-8-16(9-7-15)29-21(23,24)25;20-11-23-16-10-25-18(9-17(16)24)19(12-1-5-14(6-2-12)30-28-26-21)13-3-7-15(8-4-13)31-29-27-22;;;;;;/h1-8,16-19,29-30H,9-11H2;2-9,17-20,26-27H,10-12H2,1H3;1-8,16-19,23-24H,9-11,21-22H2;3*1H4;3*1H2/t16-,17?,18+;17-,18?,19+,20?;16-,17?,18+;;;;;;/m111....../s1. The molecule has 4 unspecified atom stereocenters. The van der Waals surface area contributed by atoms with E-state index in [0.29, 0.717) is 37.2 Å². The summed E-state index contributed by atoms with van der Waals surface area (Å²) in [6.45, 7) is 2.73. The molecule has 33 heteroatoms. The number of aryl methyl sites for hydroxylation is 1. The van der Waals surface area contributed by atoms with Crippen LogP contribution in [0.5, 0.6) is 5.75 Å². The summed E-state index contributed by atoms with van der Waals surface area (Å²) in [5.74, 6) is 8.49. The van der Waals surface area contributed by atoms with E-state index in [1.807, 2.05) is 79.7 Å². The number of aliphatic hydroxyl groups is 3. The zero-order chi connectivity index (χ0) is 65.9. The van der Waals surface area contributed by atoms with Gasteiger partial charge in [-0.1, -0.05) is 113 Å². The molecule has 0 aliphatic carbocycles. The van der Waals surface area contributed by atoms with Crippen molar-refractivity contribution in [3.8, 4) is 5.75 Å². The number of rotatable bonds is 22. The third kappa shape index (κ3) is 27.3. The lowest BCUT2D eigenvalue weighted by atomic mass is 9.81. The smallest absolute Gasteiger partial charge is 0.406 e. The van der Waals surface area contributed by atoms with Crippen LogP contribution in [-0.2, 0) is 45.2 Å². The second-order valence-corrected chi connectivity index (χ2v) is 23.0. The van der Waals surface area contributed by atoms with Crippen LogP contribution in [0.2, 0.25) is 0 Å². The molecule has 10 atom stereocenters. The van der Waals surface area contributed by atoms with Gasteiger partial charge in [-0.3, -0.25) is 0 Å². The van der Waals surface area contributed by atoms with Crippen LogP contribution >= 0.6 is 64.6 Å². The molecule has 3 aliphatic rings. The largest absolute Gasteiger partial charge is 0.573 e. The van der Waals surface area contributed by atoms with Gasteiger partial charge in [0, 0.05) is 46.8 Å². The van der Waals surface area contributed by atoms with E-state index in [4.69, 9.17) is 58.2 Å². The summed E-state index contributed by atoms with van der Waals surface area (Å²) in [6.07, 6.45) is -15.4. The molecule has 10 N–H and O–H groups in total. The molecule has 3 saturated heterocycles. The first-order valence-electron chi connectivity index (χ1n) is 28.5. The topological polar surface area (TPSA) is 223 Å². The second kappa shape index (κ2) is 43.6. The van der Waals surface area contributed by atoms with E-state index in [2.05, 4.69) is 30.7 Å². The quantitative estimate of drug-likeness (QED) is 0.0104. The van der Waals surface area contributed by atoms with Crippen molar-refractivity contribution in [1.82, 2.24) is 16.0 Å². The maximum atomic E-state index is 12.9. The SMILES string of the molecule is C.C.C.S.S.S.[B]CN[C@@H]1CO[C@H](C(c2ccc(C(F)(F)F)cc2)c2ccc(C(F)(F)F)cc2)CC1O.[B]CN[C@@H]1CO[C@H](C(c2ccc(C)cc2)c2ccc(OC(F)(F)F)cc2)CC1O.[B]CN[C@@H]1CO[C@H](C(c2ccc(SOON)cc2)c2ccc(SOON)cc2)CC1O. The number of halogens is 9. The minimum absolute atomic E-state index is 0. The maximum absolute atomic E-state index is 12.9. The fourth-order valence-corrected chi connectivity index (χ4v) is 11.7. The summed E-state index contributed by atoms with van der Waals surface area (Å²) >= 11 is 2.02. The van der Waals surface area contributed by atoms with E-state index in [1.54, 1.807) is 12.1 Å². The highest BCUT2D eigenvalue weighted by Crippen LogP contribution is 2.41. The summed E-state index contributed by atoms with van der Waals surface area (Å²) < 4.78 is 146. The van der Waals surface area contributed by atoms with Crippen LogP contribution in [0.25, 0.3) is 0 Å². The van der Waals surface area contributed by atoms with Gasteiger partial charge in [0.25, 0.3) is 0 Å². The van der Waals surface area contributed by atoms with Crippen LogP contribution in [-0.4, -0.2) is 139 Å². The van der Waals surface area contributed by atoms with E-state index >= 15 is 0 Å². The van der Waals surface area contributed by atoms with Crippen molar-refractivity contribution < 1.29 is 92.4 Å². The number of hydrogen-bond donors (Lipinski definition) is 8. The van der Waals surface area contributed by atoms with E-state index in [-0.39, 0.29) is 137 Å². The number of aliphatic hydroxyl groups excluding tert-OH is 3. The molecule has 0 aromatic heterocycles. The van der Waals surface area contributed by atoms with Crippen molar-refractivity contribution in [1.29, 1.82) is 0 Å². The third-order valence-electron chi connectivity index (χ3n) is 15.5. The van der Waals surface area contributed by atoms with Gasteiger partial charge in [-0.15, -0.1) is 31.8 Å². The lowest BCUT2D eigenvalue weighted by Crippen LogP contribution is -2.51. The van der Waals surface area contributed by atoms with Gasteiger partial charge in [-0.2, -0.15) is 78.6 Å². The molecule has 97 heavy (non-hydrogen) atoms. The summed E-state index contributed by atoms with van der Waals surface area (Å²) in [6, 6.07) is 37.2. The van der Waals surface area contributed by atoms with Gasteiger partial charge in [0.05, 0.1) is 133 Å². The maximum Gasteiger partial charge on any atom is 0.573 e. The first kappa shape index (κ1) is 90.8.